The van der Waals surface area contributed by atoms with E-state index in [9.17, 15) is 0 Å². The molecule has 2 N–H and O–H groups in total. The van der Waals surface area contributed by atoms with Gasteiger partial charge in [0.1, 0.15) is 0 Å². The molecule has 3 aromatic rings. The van der Waals surface area contributed by atoms with Gasteiger partial charge in [0.05, 0.1) is 5.69 Å². The summed E-state index contributed by atoms with van der Waals surface area (Å²) in [5, 5.41) is 4.15. The number of likely N-dealkylation sites (tertiary alicyclic amines) is 1. The number of rotatable bonds is 5. The molecule has 1 fully saturated rings. The Morgan fingerprint density at radius 3 is 2.70 bits per heavy atom. The van der Waals surface area contributed by atoms with Gasteiger partial charge in [-0.2, -0.15) is 4.98 Å². The number of piperidine rings is 1. The van der Waals surface area contributed by atoms with Crippen LogP contribution in [-0.2, 0) is 13.1 Å². The largest absolute Gasteiger partial charge is 0.334 e. The van der Waals surface area contributed by atoms with Gasteiger partial charge in [-0.25, -0.2) is 0 Å². The highest BCUT2D eigenvalue weighted by atomic mass is 35.5. The maximum atomic E-state index is 5.65. The molecular formula is C20H24ClN5O. The van der Waals surface area contributed by atoms with E-state index in [1.54, 1.807) is 6.20 Å². The van der Waals surface area contributed by atoms with Gasteiger partial charge < -0.3 is 10.3 Å². The average Bonchev–Trinajstić information content (AvgIpc) is 3.19. The highest BCUT2D eigenvalue weighted by molar-refractivity contribution is 5.85. The van der Waals surface area contributed by atoms with Gasteiger partial charge in [0.25, 0.3) is 5.89 Å². The SMILES string of the molecule is Cl.NCc1cc(-c2nc(-c3cccc(CN4CCCCC4)c3)no2)ccn1. The van der Waals surface area contributed by atoms with Gasteiger partial charge in [-0.05, 0) is 49.7 Å². The van der Waals surface area contributed by atoms with E-state index in [1.807, 2.05) is 18.2 Å². The average molecular weight is 386 g/mol. The Morgan fingerprint density at radius 1 is 1.04 bits per heavy atom. The standard InChI is InChI=1S/C20H23N5O.ClH/c21-13-18-12-17(7-8-22-18)20-23-19(24-26-20)16-6-4-5-15(11-16)14-25-9-2-1-3-10-25;/h4-8,11-12H,1-3,9-10,13-14,21H2;1H. The molecule has 0 aliphatic carbocycles. The normalized spacial score (nSPS) is 14.7. The highest BCUT2D eigenvalue weighted by Gasteiger charge is 2.14. The number of benzene rings is 1. The summed E-state index contributed by atoms with van der Waals surface area (Å²) in [5.41, 5.74) is 9.54. The lowest BCUT2D eigenvalue weighted by Gasteiger charge is -2.26. The van der Waals surface area contributed by atoms with E-state index in [0.29, 0.717) is 18.3 Å². The quantitative estimate of drug-likeness (QED) is 0.721. The van der Waals surface area contributed by atoms with Crippen molar-refractivity contribution in [2.75, 3.05) is 13.1 Å². The van der Waals surface area contributed by atoms with Crippen LogP contribution in [0.4, 0.5) is 0 Å². The molecule has 0 bridgehead atoms. The van der Waals surface area contributed by atoms with Crippen LogP contribution in [0, 0.1) is 0 Å². The minimum absolute atomic E-state index is 0. The fourth-order valence-electron chi connectivity index (χ4n) is 3.37. The first-order chi connectivity index (χ1) is 12.8. The minimum Gasteiger partial charge on any atom is -0.334 e. The fourth-order valence-corrected chi connectivity index (χ4v) is 3.37. The Kier molecular flexibility index (Phi) is 6.55. The van der Waals surface area contributed by atoms with Crippen LogP contribution in [0.1, 0.15) is 30.5 Å². The third-order valence-corrected chi connectivity index (χ3v) is 4.74. The van der Waals surface area contributed by atoms with Crippen molar-refractivity contribution in [3.8, 4) is 22.8 Å². The van der Waals surface area contributed by atoms with Crippen molar-refractivity contribution in [2.45, 2.75) is 32.4 Å². The van der Waals surface area contributed by atoms with Crippen LogP contribution in [0.15, 0.2) is 47.1 Å². The number of hydrogen-bond acceptors (Lipinski definition) is 6. The first-order valence-electron chi connectivity index (χ1n) is 9.12. The summed E-state index contributed by atoms with van der Waals surface area (Å²) in [5.74, 6) is 1.09. The van der Waals surface area contributed by atoms with Crippen molar-refractivity contribution < 1.29 is 4.52 Å². The van der Waals surface area contributed by atoms with Crippen molar-refractivity contribution in [2.24, 2.45) is 5.73 Å². The summed E-state index contributed by atoms with van der Waals surface area (Å²) < 4.78 is 5.45. The van der Waals surface area contributed by atoms with E-state index in [2.05, 4.69) is 38.2 Å². The van der Waals surface area contributed by atoms with Crippen LogP contribution in [0.2, 0.25) is 0 Å². The number of nitrogens with zero attached hydrogens (tertiary/aromatic N) is 4. The molecule has 1 saturated heterocycles. The number of hydrogen-bond donors (Lipinski definition) is 1. The topological polar surface area (TPSA) is 81.1 Å². The zero-order chi connectivity index (χ0) is 17.8. The van der Waals surface area contributed by atoms with Crippen LogP contribution >= 0.6 is 12.4 Å². The highest BCUT2D eigenvalue weighted by Crippen LogP contribution is 2.24. The lowest BCUT2D eigenvalue weighted by molar-refractivity contribution is 0.221. The molecule has 0 atom stereocenters. The molecule has 0 radical (unpaired) electrons. The van der Waals surface area contributed by atoms with Crippen molar-refractivity contribution in [1.82, 2.24) is 20.0 Å². The molecular weight excluding hydrogens is 362 g/mol. The van der Waals surface area contributed by atoms with Crippen molar-refractivity contribution in [3.05, 3.63) is 53.9 Å². The molecule has 27 heavy (non-hydrogen) atoms. The van der Waals surface area contributed by atoms with Gasteiger partial charge in [0.2, 0.25) is 5.82 Å². The Hall–Kier alpha value is -2.28. The number of pyridine rings is 1. The van der Waals surface area contributed by atoms with E-state index in [1.165, 1.54) is 37.9 Å². The van der Waals surface area contributed by atoms with Gasteiger partial charge in [-0.1, -0.05) is 29.8 Å². The second-order valence-corrected chi connectivity index (χ2v) is 6.70. The molecule has 0 unspecified atom stereocenters. The van der Waals surface area contributed by atoms with E-state index in [4.69, 9.17) is 10.3 Å². The number of aromatic nitrogens is 3. The van der Waals surface area contributed by atoms with Crippen LogP contribution in [0.5, 0.6) is 0 Å². The van der Waals surface area contributed by atoms with Gasteiger partial charge in [-0.3, -0.25) is 9.88 Å². The van der Waals surface area contributed by atoms with Gasteiger partial charge in [-0.15, -0.1) is 12.4 Å². The summed E-state index contributed by atoms with van der Waals surface area (Å²) in [6.45, 7) is 3.72. The first-order valence-corrected chi connectivity index (χ1v) is 9.12. The maximum Gasteiger partial charge on any atom is 0.258 e. The van der Waals surface area contributed by atoms with Crippen LogP contribution in [-0.4, -0.2) is 33.1 Å². The van der Waals surface area contributed by atoms with Gasteiger partial charge in [0, 0.05) is 30.4 Å². The Bertz CT molecular complexity index is 876. The van der Waals surface area contributed by atoms with E-state index in [0.717, 1.165) is 23.4 Å². The second-order valence-electron chi connectivity index (χ2n) is 6.70. The molecule has 142 valence electrons. The third-order valence-electron chi connectivity index (χ3n) is 4.74. The Labute approximate surface area is 165 Å². The lowest BCUT2D eigenvalue weighted by atomic mass is 10.1. The van der Waals surface area contributed by atoms with Gasteiger partial charge >= 0.3 is 0 Å². The lowest BCUT2D eigenvalue weighted by Crippen LogP contribution is -2.29. The number of nitrogens with two attached hydrogens (primary N) is 1. The predicted octanol–water partition coefficient (Wildman–Crippen LogP) is 3.67. The molecule has 1 aliphatic rings. The maximum absolute atomic E-state index is 5.65. The van der Waals surface area contributed by atoms with Crippen LogP contribution in [0.3, 0.4) is 0 Å². The molecule has 1 aliphatic heterocycles. The number of halogens is 1. The Balaban J connectivity index is 0.00000210. The fraction of sp³-hybridized carbons (Fsp3) is 0.350. The zero-order valence-electron chi connectivity index (χ0n) is 15.2. The molecule has 0 amide bonds. The minimum atomic E-state index is 0. The molecule has 0 spiro atoms. The van der Waals surface area contributed by atoms with Crippen LogP contribution < -0.4 is 5.73 Å². The summed E-state index contributed by atoms with van der Waals surface area (Å²) in [6.07, 6.45) is 5.65. The molecule has 6 nitrogen and oxygen atoms in total. The zero-order valence-corrected chi connectivity index (χ0v) is 16.0. The Morgan fingerprint density at radius 2 is 1.89 bits per heavy atom. The molecule has 0 saturated carbocycles. The van der Waals surface area contributed by atoms with Crippen LogP contribution in [0.25, 0.3) is 22.8 Å². The summed E-state index contributed by atoms with van der Waals surface area (Å²) in [4.78, 5) is 11.3. The van der Waals surface area contributed by atoms with Crippen molar-refractivity contribution >= 4 is 12.4 Å². The smallest absolute Gasteiger partial charge is 0.258 e. The molecule has 3 heterocycles. The summed E-state index contributed by atoms with van der Waals surface area (Å²) in [7, 11) is 0. The van der Waals surface area contributed by atoms with Crippen molar-refractivity contribution in [3.63, 3.8) is 0 Å². The third kappa shape index (κ3) is 4.71. The first kappa shape index (κ1) is 19.5. The monoisotopic (exact) mass is 385 g/mol. The van der Waals surface area contributed by atoms with E-state index < -0.39 is 0 Å². The molecule has 1 aromatic carbocycles. The van der Waals surface area contributed by atoms with E-state index in [-0.39, 0.29) is 12.4 Å². The second kappa shape index (κ2) is 9.08. The van der Waals surface area contributed by atoms with E-state index >= 15 is 0 Å². The predicted molar refractivity (Wildman–Crippen MR) is 107 cm³/mol. The molecule has 4 rings (SSSR count). The molecule has 2 aromatic heterocycles. The summed E-state index contributed by atoms with van der Waals surface area (Å²) >= 11 is 0. The van der Waals surface area contributed by atoms with Gasteiger partial charge in [0.15, 0.2) is 0 Å². The summed E-state index contributed by atoms with van der Waals surface area (Å²) in [6, 6.07) is 12.1. The van der Waals surface area contributed by atoms with Crippen molar-refractivity contribution in [1.29, 1.82) is 0 Å². The molecule has 7 heteroatoms.